The van der Waals surface area contributed by atoms with E-state index < -0.39 is 0 Å². The van der Waals surface area contributed by atoms with Crippen LogP contribution in [0.4, 0.5) is 0 Å². The van der Waals surface area contributed by atoms with Gasteiger partial charge in [-0.15, -0.1) is 0 Å². The number of methoxy groups -OCH3 is 1. The SMILES string of the molecule is COc1cccc2c1CC(C)C2O. The second-order valence-electron chi connectivity index (χ2n) is 3.65. The van der Waals surface area contributed by atoms with E-state index in [4.69, 9.17) is 4.74 Å². The number of aliphatic hydroxyl groups excluding tert-OH is 1. The molecule has 0 fully saturated rings. The van der Waals surface area contributed by atoms with Gasteiger partial charge < -0.3 is 9.84 Å². The first-order valence-electron chi connectivity index (χ1n) is 4.58. The highest BCUT2D eigenvalue weighted by Crippen LogP contribution is 2.40. The summed E-state index contributed by atoms with van der Waals surface area (Å²) >= 11 is 0. The molecule has 0 radical (unpaired) electrons. The molecule has 0 saturated heterocycles. The molecule has 1 aliphatic carbocycles. The third-order valence-electron chi connectivity index (χ3n) is 2.77. The van der Waals surface area contributed by atoms with Gasteiger partial charge in [-0.3, -0.25) is 0 Å². The van der Waals surface area contributed by atoms with Crippen LogP contribution in [0.5, 0.6) is 5.75 Å². The molecule has 70 valence electrons. The first-order valence-corrected chi connectivity index (χ1v) is 4.58. The van der Waals surface area contributed by atoms with Crippen LogP contribution < -0.4 is 4.74 Å². The van der Waals surface area contributed by atoms with E-state index in [1.807, 2.05) is 18.2 Å². The Hall–Kier alpha value is -1.02. The van der Waals surface area contributed by atoms with Crippen LogP contribution in [0.25, 0.3) is 0 Å². The number of ether oxygens (including phenoxy) is 1. The van der Waals surface area contributed by atoms with Gasteiger partial charge in [-0.25, -0.2) is 0 Å². The van der Waals surface area contributed by atoms with Gasteiger partial charge in [0.15, 0.2) is 0 Å². The maximum absolute atomic E-state index is 9.81. The van der Waals surface area contributed by atoms with E-state index >= 15 is 0 Å². The van der Waals surface area contributed by atoms with Crippen molar-refractivity contribution in [3.8, 4) is 5.75 Å². The maximum Gasteiger partial charge on any atom is 0.122 e. The standard InChI is InChI=1S/C11H14O2/c1-7-6-9-8(11(7)12)4-3-5-10(9)13-2/h3-5,7,11-12H,6H2,1-2H3. The first-order chi connectivity index (χ1) is 6.24. The summed E-state index contributed by atoms with van der Waals surface area (Å²) in [5, 5.41) is 9.81. The van der Waals surface area contributed by atoms with Crippen molar-refractivity contribution in [1.29, 1.82) is 0 Å². The van der Waals surface area contributed by atoms with Crippen molar-refractivity contribution in [3.05, 3.63) is 29.3 Å². The van der Waals surface area contributed by atoms with Crippen molar-refractivity contribution in [3.63, 3.8) is 0 Å². The number of aliphatic hydroxyl groups is 1. The number of benzene rings is 1. The van der Waals surface area contributed by atoms with Crippen molar-refractivity contribution < 1.29 is 9.84 Å². The molecule has 0 amide bonds. The lowest BCUT2D eigenvalue weighted by Gasteiger charge is -2.08. The van der Waals surface area contributed by atoms with Gasteiger partial charge in [0, 0.05) is 5.56 Å². The zero-order valence-corrected chi connectivity index (χ0v) is 7.95. The molecule has 13 heavy (non-hydrogen) atoms. The fourth-order valence-electron chi connectivity index (χ4n) is 2.01. The highest BCUT2D eigenvalue weighted by Gasteiger charge is 2.29. The van der Waals surface area contributed by atoms with Crippen molar-refractivity contribution in [2.75, 3.05) is 7.11 Å². The summed E-state index contributed by atoms with van der Waals surface area (Å²) in [6.07, 6.45) is 0.602. The molecule has 0 aliphatic heterocycles. The zero-order chi connectivity index (χ0) is 9.42. The maximum atomic E-state index is 9.81. The Labute approximate surface area is 78.2 Å². The molecule has 0 aromatic heterocycles. The normalized spacial score (nSPS) is 25.8. The predicted molar refractivity (Wildman–Crippen MR) is 50.8 cm³/mol. The number of hydrogen-bond acceptors (Lipinski definition) is 2. The Morgan fingerprint density at radius 3 is 2.92 bits per heavy atom. The molecule has 2 heteroatoms. The molecule has 2 rings (SSSR count). The largest absolute Gasteiger partial charge is 0.496 e. The molecule has 0 saturated carbocycles. The lowest BCUT2D eigenvalue weighted by molar-refractivity contribution is 0.133. The minimum atomic E-state index is -0.315. The molecule has 1 aromatic carbocycles. The number of rotatable bonds is 1. The summed E-state index contributed by atoms with van der Waals surface area (Å²) in [6, 6.07) is 5.86. The fourth-order valence-corrected chi connectivity index (χ4v) is 2.01. The second kappa shape index (κ2) is 3.04. The quantitative estimate of drug-likeness (QED) is 0.712. The van der Waals surface area contributed by atoms with Gasteiger partial charge >= 0.3 is 0 Å². The minimum absolute atomic E-state index is 0.311. The summed E-state index contributed by atoms with van der Waals surface area (Å²) in [5.41, 5.74) is 2.21. The summed E-state index contributed by atoms with van der Waals surface area (Å²) in [7, 11) is 1.67. The van der Waals surface area contributed by atoms with Gasteiger partial charge in [-0.05, 0) is 24.0 Å². The third-order valence-corrected chi connectivity index (χ3v) is 2.77. The van der Waals surface area contributed by atoms with Crippen LogP contribution in [0.15, 0.2) is 18.2 Å². The van der Waals surface area contributed by atoms with Gasteiger partial charge in [0.2, 0.25) is 0 Å². The molecule has 1 aromatic rings. The van der Waals surface area contributed by atoms with Gasteiger partial charge in [0.05, 0.1) is 13.2 Å². The van der Waals surface area contributed by atoms with Gasteiger partial charge in [0.25, 0.3) is 0 Å². The lowest BCUT2D eigenvalue weighted by atomic mass is 10.1. The Kier molecular flexibility index (Phi) is 2.00. The van der Waals surface area contributed by atoms with Crippen LogP contribution in [-0.4, -0.2) is 12.2 Å². The predicted octanol–water partition coefficient (Wildman–Crippen LogP) is 1.92. The average molecular weight is 178 g/mol. The Morgan fingerprint density at radius 1 is 1.46 bits per heavy atom. The highest BCUT2D eigenvalue weighted by atomic mass is 16.5. The molecular weight excluding hydrogens is 164 g/mol. The Bertz CT molecular complexity index is 320. The smallest absolute Gasteiger partial charge is 0.122 e. The van der Waals surface area contributed by atoms with Crippen LogP contribution in [0.3, 0.4) is 0 Å². The molecule has 2 atom stereocenters. The van der Waals surface area contributed by atoms with Gasteiger partial charge in [-0.2, -0.15) is 0 Å². The van der Waals surface area contributed by atoms with Crippen LogP contribution in [0.1, 0.15) is 24.2 Å². The molecule has 0 bridgehead atoms. The molecule has 0 heterocycles. The molecule has 0 spiro atoms. The van der Waals surface area contributed by atoms with E-state index in [-0.39, 0.29) is 6.10 Å². The van der Waals surface area contributed by atoms with E-state index in [2.05, 4.69) is 6.92 Å². The van der Waals surface area contributed by atoms with Crippen LogP contribution in [-0.2, 0) is 6.42 Å². The van der Waals surface area contributed by atoms with Crippen molar-refractivity contribution >= 4 is 0 Å². The Morgan fingerprint density at radius 2 is 2.23 bits per heavy atom. The zero-order valence-electron chi connectivity index (χ0n) is 7.95. The van der Waals surface area contributed by atoms with E-state index in [1.54, 1.807) is 7.11 Å². The lowest BCUT2D eigenvalue weighted by Crippen LogP contribution is -2.00. The molecule has 1 N–H and O–H groups in total. The minimum Gasteiger partial charge on any atom is -0.496 e. The first kappa shape index (κ1) is 8.57. The van der Waals surface area contributed by atoms with Crippen molar-refractivity contribution in [1.82, 2.24) is 0 Å². The van der Waals surface area contributed by atoms with Crippen molar-refractivity contribution in [2.45, 2.75) is 19.4 Å². The summed E-state index contributed by atoms with van der Waals surface area (Å²) in [5.74, 6) is 1.21. The van der Waals surface area contributed by atoms with E-state index in [1.165, 1.54) is 5.56 Å². The summed E-state index contributed by atoms with van der Waals surface area (Å²) in [6.45, 7) is 2.06. The van der Waals surface area contributed by atoms with Crippen LogP contribution in [0, 0.1) is 5.92 Å². The monoisotopic (exact) mass is 178 g/mol. The fraction of sp³-hybridized carbons (Fsp3) is 0.455. The number of fused-ring (bicyclic) bond motifs is 1. The highest BCUT2D eigenvalue weighted by molar-refractivity contribution is 5.44. The van der Waals surface area contributed by atoms with E-state index in [9.17, 15) is 5.11 Å². The van der Waals surface area contributed by atoms with Gasteiger partial charge in [-0.1, -0.05) is 19.1 Å². The summed E-state index contributed by atoms with van der Waals surface area (Å²) < 4.78 is 5.24. The summed E-state index contributed by atoms with van der Waals surface area (Å²) in [4.78, 5) is 0. The molecule has 2 nitrogen and oxygen atoms in total. The molecule has 2 unspecified atom stereocenters. The van der Waals surface area contributed by atoms with Gasteiger partial charge in [0.1, 0.15) is 5.75 Å². The molecule has 1 aliphatic rings. The van der Waals surface area contributed by atoms with Crippen molar-refractivity contribution in [2.24, 2.45) is 5.92 Å². The van der Waals surface area contributed by atoms with Crippen LogP contribution >= 0.6 is 0 Å². The second-order valence-corrected chi connectivity index (χ2v) is 3.65. The Balaban J connectivity index is 2.49. The molecular formula is C11H14O2. The topological polar surface area (TPSA) is 29.5 Å². The third kappa shape index (κ3) is 1.22. The van der Waals surface area contributed by atoms with E-state index in [0.29, 0.717) is 5.92 Å². The average Bonchev–Trinajstić information content (AvgIpc) is 2.43. The van der Waals surface area contributed by atoms with E-state index in [0.717, 1.165) is 17.7 Å². The van der Waals surface area contributed by atoms with Crippen LogP contribution in [0.2, 0.25) is 0 Å². The number of hydrogen-bond donors (Lipinski definition) is 1.